The Hall–Kier alpha value is -3.47. The van der Waals surface area contributed by atoms with Gasteiger partial charge in [-0.05, 0) is 35.9 Å². The van der Waals surface area contributed by atoms with Crippen LogP contribution in [0.3, 0.4) is 0 Å². The van der Waals surface area contributed by atoms with Gasteiger partial charge in [0.15, 0.2) is 0 Å². The molecular weight excluding hydrogens is 340 g/mol. The molecule has 0 spiro atoms. The molecule has 0 bridgehead atoms. The van der Waals surface area contributed by atoms with Crippen molar-refractivity contribution < 1.29 is 13.9 Å². The Balaban J connectivity index is 1.44. The van der Waals surface area contributed by atoms with Gasteiger partial charge in [-0.2, -0.15) is 0 Å². The van der Waals surface area contributed by atoms with E-state index in [9.17, 15) is 4.79 Å². The van der Waals surface area contributed by atoms with E-state index in [-0.39, 0.29) is 12.5 Å². The minimum Gasteiger partial charge on any atom is -0.488 e. The number of carbonyl (C=O) groups excluding carboxylic acids is 1. The third-order valence-corrected chi connectivity index (χ3v) is 4.36. The predicted octanol–water partition coefficient (Wildman–Crippen LogP) is 4.13. The van der Waals surface area contributed by atoms with Gasteiger partial charge in [0.05, 0.1) is 18.3 Å². The summed E-state index contributed by atoms with van der Waals surface area (Å²) in [6.45, 7) is 1.14. The topological polar surface area (TPSA) is 56.4 Å². The minimum atomic E-state index is -0.0699. The molecule has 2 aromatic carbocycles. The molecular formula is C22H20N2O3. The fourth-order valence-corrected chi connectivity index (χ4v) is 3.00. The van der Waals surface area contributed by atoms with Crippen LogP contribution in [0, 0.1) is 0 Å². The van der Waals surface area contributed by atoms with Crippen molar-refractivity contribution >= 4 is 16.8 Å². The molecule has 0 fully saturated rings. The van der Waals surface area contributed by atoms with E-state index in [4.69, 9.17) is 9.15 Å². The maximum atomic E-state index is 12.2. The zero-order valence-electron chi connectivity index (χ0n) is 14.8. The SMILES string of the molecule is O=C(Cn1ccc2c(OCc3ccccc3)cccc21)NCc1ccco1. The van der Waals surface area contributed by atoms with Crippen molar-refractivity contribution in [2.24, 2.45) is 0 Å². The average Bonchev–Trinajstić information content (AvgIpc) is 3.36. The van der Waals surface area contributed by atoms with Crippen LogP contribution in [-0.2, 0) is 24.5 Å². The quantitative estimate of drug-likeness (QED) is 0.539. The highest BCUT2D eigenvalue weighted by molar-refractivity contribution is 5.88. The summed E-state index contributed by atoms with van der Waals surface area (Å²) in [5.41, 5.74) is 2.08. The molecule has 0 atom stereocenters. The number of benzene rings is 2. The van der Waals surface area contributed by atoms with Crippen molar-refractivity contribution in [2.45, 2.75) is 19.7 Å². The van der Waals surface area contributed by atoms with Crippen molar-refractivity contribution in [1.29, 1.82) is 0 Å². The number of hydrogen-bond acceptors (Lipinski definition) is 3. The molecule has 1 N–H and O–H groups in total. The molecule has 0 saturated carbocycles. The second-order valence-corrected chi connectivity index (χ2v) is 6.26. The van der Waals surface area contributed by atoms with E-state index in [2.05, 4.69) is 5.32 Å². The number of furan rings is 1. The van der Waals surface area contributed by atoms with Gasteiger partial charge in [-0.15, -0.1) is 0 Å². The van der Waals surface area contributed by atoms with Crippen molar-refractivity contribution in [3.05, 3.63) is 90.5 Å². The molecule has 0 radical (unpaired) electrons. The fraction of sp³-hybridized carbons (Fsp3) is 0.136. The first kappa shape index (κ1) is 17.0. The van der Waals surface area contributed by atoms with E-state index >= 15 is 0 Å². The van der Waals surface area contributed by atoms with Crippen LogP contribution in [0.1, 0.15) is 11.3 Å². The average molecular weight is 360 g/mol. The van der Waals surface area contributed by atoms with Crippen molar-refractivity contribution in [3.8, 4) is 5.75 Å². The summed E-state index contributed by atoms with van der Waals surface area (Å²) in [7, 11) is 0. The molecule has 5 nitrogen and oxygen atoms in total. The Morgan fingerprint density at radius 1 is 1.00 bits per heavy atom. The second-order valence-electron chi connectivity index (χ2n) is 6.26. The van der Waals surface area contributed by atoms with Crippen LogP contribution >= 0.6 is 0 Å². The van der Waals surface area contributed by atoms with Crippen molar-refractivity contribution in [2.75, 3.05) is 0 Å². The Morgan fingerprint density at radius 2 is 1.89 bits per heavy atom. The Kier molecular flexibility index (Phi) is 4.92. The molecule has 0 aliphatic carbocycles. The first-order valence-electron chi connectivity index (χ1n) is 8.83. The first-order chi connectivity index (χ1) is 13.3. The van der Waals surface area contributed by atoms with Gasteiger partial charge >= 0.3 is 0 Å². The maximum absolute atomic E-state index is 12.2. The summed E-state index contributed by atoms with van der Waals surface area (Å²) in [5, 5.41) is 3.86. The van der Waals surface area contributed by atoms with E-state index in [1.54, 1.807) is 12.3 Å². The number of rotatable bonds is 7. The molecule has 27 heavy (non-hydrogen) atoms. The number of nitrogens with one attached hydrogen (secondary N) is 1. The van der Waals surface area contributed by atoms with E-state index in [0.717, 1.165) is 28.0 Å². The van der Waals surface area contributed by atoms with Gasteiger partial charge in [-0.1, -0.05) is 36.4 Å². The zero-order chi connectivity index (χ0) is 18.5. The smallest absolute Gasteiger partial charge is 0.240 e. The number of ether oxygens (including phenoxy) is 1. The zero-order valence-corrected chi connectivity index (χ0v) is 14.8. The Labute approximate surface area is 157 Å². The molecule has 136 valence electrons. The van der Waals surface area contributed by atoms with E-state index in [1.165, 1.54) is 0 Å². The van der Waals surface area contributed by atoms with Crippen molar-refractivity contribution in [3.63, 3.8) is 0 Å². The number of carbonyl (C=O) groups is 1. The van der Waals surface area contributed by atoms with Crippen LogP contribution < -0.4 is 10.1 Å². The predicted molar refractivity (Wildman–Crippen MR) is 103 cm³/mol. The lowest BCUT2D eigenvalue weighted by molar-refractivity contribution is -0.121. The number of nitrogens with zero attached hydrogens (tertiary/aromatic N) is 1. The molecule has 1 amide bonds. The number of amides is 1. The molecule has 2 aromatic heterocycles. The van der Waals surface area contributed by atoms with E-state index in [0.29, 0.717) is 13.2 Å². The van der Waals surface area contributed by atoms with Crippen LogP contribution in [0.4, 0.5) is 0 Å². The van der Waals surface area contributed by atoms with Crippen LogP contribution in [0.5, 0.6) is 5.75 Å². The third-order valence-electron chi connectivity index (χ3n) is 4.36. The summed E-state index contributed by atoms with van der Waals surface area (Å²) < 4.78 is 13.1. The van der Waals surface area contributed by atoms with Gasteiger partial charge in [-0.3, -0.25) is 4.79 Å². The van der Waals surface area contributed by atoms with Crippen LogP contribution in [0.15, 0.2) is 83.6 Å². The summed E-state index contributed by atoms with van der Waals surface area (Å²) in [6.07, 6.45) is 3.50. The van der Waals surface area contributed by atoms with Gasteiger partial charge in [0.2, 0.25) is 5.91 Å². The van der Waals surface area contributed by atoms with Gasteiger partial charge < -0.3 is 19.0 Å². The summed E-state index contributed by atoms with van der Waals surface area (Å²) >= 11 is 0. The first-order valence-corrected chi connectivity index (χ1v) is 8.83. The molecule has 0 unspecified atom stereocenters. The van der Waals surface area contributed by atoms with Crippen LogP contribution in [-0.4, -0.2) is 10.5 Å². The van der Waals surface area contributed by atoms with E-state index in [1.807, 2.05) is 71.4 Å². The lowest BCUT2D eigenvalue weighted by Gasteiger charge is -2.09. The Bertz CT molecular complexity index is 1020. The Morgan fingerprint density at radius 3 is 2.70 bits per heavy atom. The molecule has 0 aliphatic rings. The summed E-state index contributed by atoms with van der Waals surface area (Å²) in [5.74, 6) is 1.47. The summed E-state index contributed by atoms with van der Waals surface area (Å²) in [6, 6.07) is 21.6. The number of aromatic nitrogens is 1. The monoisotopic (exact) mass is 360 g/mol. The van der Waals surface area contributed by atoms with Crippen LogP contribution in [0.25, 0.3) is 10.9 Å². The standard InChI is InChI=1S/C22H20N2O3/c25-22(23-14-18-8-5-13-26-18)15-24-12-11-19-20(24)9-4-10-21(19)27-16-17-6-2-1-3-7-17/h1-13H,14-16H2,(H,23,25). The lowest BCUT2D eigenvalue weighted by Crippen LogP contribution is -2.26. The van der Waals surface area contributed by atoms with Gasteiger partial charge in [-0.25, -0.2) is 0 Å². The second kappa shape index (κ2) is 7.83. The molecule has 0 aliphatic heterocycles. The molecule has 2 heterocycles. The lowest BCUT2D eigenvalue weighted by atomic mass is 10.2. The van der Waals surface area contributed by atoms with Gasteiger partial charge in [0, 0.05) is 11.6 Å². The molecule has 4 rings (SSSR count). The highest BCUT2D eigenvalue weighted by Gasteiger charge is 2.10. The highest BCUT2D eigenvalue weighted by atomic mass is 16.5. The summed E-state index contributed by atoms with van der Waals surface area (Å²) in [4.78, 5) is 12.2. The number of hydrogen-bond donors (Lipinski definition) is 1. The molecule has 5 heteroatoms. The van der Waals surface area contributed by atoms with Gasteiger partial charge in [0.25, 0.3) is 0 Å². The normalized spacial score (nSPS) is 10.8. The highest BCUT2D eigenvalue weighted by Crippen LogP contribution is 2.27. The third kappa shape index (κ3) is 4.03. The number of fused-ring (bicyclic) bond motifs is 1. The fourth-order valence-electron chi connectivity index (χ4n) is 3.00. The minimum absolute atomic E-state index is 0.0699. The molecule has 0 saturated heterocycles. The van der Waals surface area contributed by atoms with E-state index < -0.39 is 0 Å². The van der Waals surface area contributed by atoms with Gasteiger partial charge in [0.1, 0.15) is 24.7 Å². The van der Waals surface area contributed by atoms with Crippen molar-refractivity contribution in [1.82, 2.24) is 9.88 Å². The van der Waals surface area contributed by atoms with Crippen LogP contribution in [0.2, 0.25) is 0 Å². The molecule has 4 aromatic rings. The largest absolute Gasteiger partial charge is 0.488 e. The maximum Gasteiger partial charge on any atom is 0.240 e.